The molecule has 1 unspecified atom stereocenters. The number of sulfonamides is 2. The zero-order valence-electron chi connectivity index (χ0n) is 17.9. The first-order chi connectivity index (χ1) is 15.3. The number of aromatic nitrogens is 1. The molecule has 1 aromatic carbocycles. The van der Waals surface area contributed by atoms with Gasteiger partial charge in [-0.15, -0.1) is 0 Å². The summed E-state index contributed by atoms with van der Waals surface area (Å²) in [6, 6.07) is 10.8. The molecule has 1 atom stereocenters. The van der Waals surface area contributed by atoms with Gasteiger partial charge in [0, 0.05) is 25.4 Å². The molecule has 0 bridgehead atoms. The minimum absolute atomic E-state index is 0.0474. The summed E-state index contributed by atoms with van der Waals surface area (Å²) in [6.45, 7) is 0.969. The van der Waals surface area contributed by atoms with Gasteiger partial charge >= 0.3 is 0 Å². The van der Waals surface area contributed by atoms with E-state index in [4.69, 9.17) is 4.74 Å². The Balaban J connectivity index is 1.55. The van der Waals surface area contributed by atoms with Crippen molar-refractivity contribution in [2.75, 3.05) is 13.2 Å². The smallest absolute Gasteiger partial charge is 0.243 e. The predicted molar refractivity (Wildman–Crippen MR) is 120 cm³/mol. The molecular weight excluding hydrogens is 450 g/mol. The summed E-state index contributed by atoms with van der Waals surface area (Å²) in [5.74, 6) is 0. The summed E-state index contributed by atoms with van der Waals surface area (Å²) in [4.78, 5) is 4.38. The van der Waals surface area contributed by atoms with Gasteiger partial charge in [0.2, 0.25) is 20.0 Å². The van der Waals surface area contributed by atoms with Crippen LogP contribution in [0.25, 0.3) is 0 Å². The highest BCUT2D eigenvalue weighted by Gasteiger charge is 2.30. The number of benzene rings is 1. The largest absolute Gasteiger partial charge is 0.377 e. The van der Waals surface area contributed by atoms with Crippen LogP contribution in [0, 0.1) is 0 Å². The highest BCUT2D eigenvalue weighted by Crippen LogP contribution is 2.24. The lowest BCUT2D eigenvalue weighted by atomic mass is 10.2. The third-order valence-electron chi connectivity index (χ3n) is 5.94. The van der Waals surface area contributed by atoms with Crippen molar-refractivity contribution < 1.29 is 21.6 Å². The van der Waals surface area contributed by atoms with Crippen LogP contribution in [0.5, 0.6) is 0 Å². The van der Waals surface area contributed by atoms with E-state index >= 15 is 0 Å². The number of pyridine rings is 1. The number of hydrogen-bond acceptors (Lipinski definition) is 6. The van der Waals surface area contributed by atoms with Crippen molar-refractivity contribution in [2.24, 2.45) is 0 Å². The van der Waals surface area contributed by atoms with Crippen LogP contribution in [0.1, 0.15) is 44.2 Å². The lowest BCUT2D eigenvalue weighted by Gasteiger charge is -2.24. The van der Waals surface area contributed by atoms with Crippen molar-refractivity contribution in [3.05, 3.63) is 54.4 Å². The zero-order chi connectivity index (χ0) is 22.6. The van der Waals surface area contributed by atoms with Crippen molar-refractivity contribution in [3.8, 4) is 0 Å². The molecule has 2 fully saturated rings. The van der Waals surface area contributed by atoms with Gasteiger partial charge in [-0.1, -0.05) is 18.9 Å². The summed E-state index contributed by atoms with van der Waals surface area (Å²) in [5, 5.41) is 0. The first-order valence-corrected chi connectivity index (χ1v) is 13.9. The standard InChI is InChI=1S/C22H29N3O5S2/c26-31(27,24-18-6-1-2-7-18)21-10-12-22(13-11-21)32(28,29)25(17-20-9-5-15-30-20)16-19-8-3-4-14-23-19/h3-4,8,10-14,18,20,24H,1-2,5-7,9,15-17H2. The monoisotopic (exact) mass is 479 g/mol. The van der Waals surface area contributed by atoms with Gasteiger partial charge < -0.3 is 4.74 Å². The summed E-state index contributed by atoms with van der Waals surface area (Å²) >= 11 is 0. The molecule has 2 aliphatic rings. The van der Waals surface area contributed by atoms with Gasteiger partial charge in [-0.2, -0.15) is 4.31 Å². The first kappa shape index (κ1) is 23.3. The van der Waals surface area contributed by atoms with Gasteiger partial charge in [-0.25, -0.2) is 21.6 Å². The van der Waals surface area contributed by atoms with Crippen LogP contribution in [-0.2, 0) is 31.3 Å². The second kappa shape index (κ2) is 9.96. The number of hydrogen-bond donors (Lipinski definition) is 1. The Bertz CT molecular complexity index is 1090. The molecule has 32 heavy (non-hydrogen) atoms. The minimum atomic E-state index is -3.87. The number of rotatable bonds is 9. The van der Waals surface area contributed by atoms with E-state index in [1.807, 2.05) is 6.07 Å². The third kappa shape index (κ3) is 5.55. The van der Waals surface area contributed by atoms with Gasteiger partial charge in [0.15, 0.2) is 0 Å². The van der Waals surface area contributed by atoms with Crippen LogP contribution in [0.3, 0.4) is 0 Å². The van der Waals surface area contributed by atoms with Crippen LogP contribution in [0.2, 0.25) is 0 Å². The second-order valence-electron chi connectivity index (χ2n) is 8.33. The molecule has 0 amide bonds. The second-order valence-corrected chi connectivity index (χ2v) is 12.0. The fourth-order valence-electron chi connectivity index (χ4n) is 4.21. The van der Waals surface area contributed by atoms with E-state index in [-0.39, 0.29) is 35.0 Å². The lowest BCUT2D eigenvalue weighted by molar-refractivity contribution is 0.0924. The van der Waals surface area contributed by atoms with E-state index < -0.39 is 20.0 Å². The molecule has 10 heteroatoms. The first-order valence-electron chi connectivity index (χ1n) is 11.0. The Morgan fingerprint density at radius 2 is 1.66 bits per heavy atom. The topological polar surface area (TPSA) is 106 Å². The number of nitrogens with one attached hydrogen (secondary N) is 1. The molecule has 1 N–H and O–H groups in total. The number of ether oxygens (including phenoxy) is 1. The molecule has 1 aliphatic carbocycles. The van der Waals surface area contributed by atoms with E-state index in [0.29, 0.717) is 12.3 Å². The van der Waals surface area contributed by atoms with Gasteiger partial charge in [0.1, 0.15) is 0 Å². The van der Waals surface area contributed by atoms with Crippen molar-refractivity contribution in [1.29, 1.82) is 0 Å². The molecule has 1 saturated carbocycles. The van der Waals surface area contributed by atoms with Crippen molar-refractivity contribution in [3.63, 3.8) is 0 Å². The summed E-state index contributed by atoms with van der Waals surface area (Å²) < 4.78 is 62.0. The van der Waals surface area contributed by atoms with E-state index in [1.54, 1.807) is 18.3 Å². The maximum Gasteiger partial charge on any atom is 0.243 e. The van der Waals surface area contributed by atoms with Crippen LogP contribution in [0.15, 0.2) is 58.5 Å². The average Bonchev–Trinajstić information content (AvgIpc) is 3.48. The van der Waals surface area contributed by atoms with E-state index in [1.165, 1.54) is 28.6 Å². The SMILES string of the molecule is O=S(=O)(NC1CCCC1)c1ccc(S(=O)(=O)N(Cc2ccccn2)CC2CCCO2)cc1. The minimum Gasteiger partial charge on any atom is -0.377 e. The van der Waals surface area contributed by atoms with Gasteiger partial charge in [0.25, 0.3) is 0 Å². The summed E-state index contributed by atoms with van der Waals surface area (Å²) in [7, 11) is -7.56. The molecule has 2 aromatic rings. The zero-order valence-corrected chi connectivity index (χ0v) is 19.5. The van der Waals surface area contributed by atoms with Crippen LogP contribution in [-0.4, -0.2) is 51.4 Å². The summed E-state index contributed by atoms with van der Waals surface area (Å²) in [6.07, 6.45) is 6.87. The maximum absolute atomic E-state index is 13.4. The molecule has 1 saturated heterocycles. The van der Waals surface area contributed by atoms with Crippen LogP contribution >= 0.6 is 0 Å². The normalized spacial score (nSPS) is 20.2. The highest BCUT2D eigenvalue weighted by atomic mass is 32.2. The molecule has 4 rings (SSSR count). The number of nitrogens with zero attached hydrogens (tertiary/aromatic N) is 2. The quantitative estimate of drug-likeness (QED) is 0.593. The third-order valence-corrected chi connectivity index (χ3v) is 9.31. The summed E-state index contributed by atoms with van der Waals surface area (Å²) in [5.41, 5.74) is 0.633. The Labute approximate surface area is 190 Å². The fraction of sp³-hybridized carbons (Fsp3) is 0.500. The molecular formula is C22H29N3O5S2. The molecule has 174 valence electrons. The van der Waals surface area contributed by atoms with Gasteiger partial charge in [-0.05, 0) is 62.1 Å². The van der Waals surface area contributed by atoms with Crippen molar-refractivity contribution >= 4 is 20.0 Å². The molecule has 8 nitrogen and oxygen atoms in total. The Morgan fingerprint density at radius 1 is 0.938 bits per heavy atom. The Morgan fingerprint density at radius 3 is 2.28 bits per heavy atom. The van der Waals surface area contributed by atoms with Crippen molar-refractivity contribution in [1.82, 2.24) is 14.0 Å². The fourth-order valence-corrected chi connectivity index (χ4v) is 6.95. The average molecular weight is 480 g/mol. The van der Waals surface area contributed by atoms with Crippen LogP contribution < -0.4 is 4.72 Å². The molecule has 0 radical (unpaired) electrons. The van der Waals surface area contributed by atoms with E-state index in [2.05, 4.69) is 9.71 Å². The van der Waals surface area contributed by atoms with Crippen molar-refractivity contribution in [2.45, 2.75) is 67.0 Å². The van der Waals surface area contributed by atoms with E-state index in [9.17, 15) is 16.8 Å². The molecule has 0 spiro atoms. The predicted octanol–water partition coefficient (Wildman–Crippen LogP) is 2.67. The lowest BCUT2D eigenvalue weighted by Crippen LogP contribution is -2.37. The van der Waals surface area contributed by atoms with Gasteiger partial charge in [-0.3, -0.25) is 4.98 Å². The van der Waals surface area contributed by atoms with Crippen LogP contribution in [0.4, 0.5) is 0 Å². The Hall–Kier alpha value is -1.85. The van der Waals surface area contributed by atoms with E-state index in [0.717, 1.165) is 38.5 Å². The highest BCUT2D eigenvalue weighted by molar-refractivity contribution is 7.89. The molecule has 1 aliphatic heterocycles. The van der Waals surface area contributed by atoms with Gasteiger partial charge in [0.05, 0.1) is 28.1 Å². The Kier molecular flexibility index (Phi) is 7.26. The maximum atomic E-state index is 13.4. The molecule has 1 aromatic heterocycles. The molecule has 2 heterocycles.